The number of aryl methyl sites for hydroxylation is 2. The maximum Gasteiger partial charge on any atom is 0.345 e. The van der Waals surface area contributed by atoms with Gasteiger partial charge >= 0.3 is 5.97 Å². The van der Waals surface area contributed by atoms with Gasteiger partial charge in [0.1, 0.15) is 0 Å². The molecule has 0 aliphatic rings. The van der Waals surface area contributed by atoms with Crippen molar-refractivity contribution in [2.24, 2.45) is 0 Å². The van der Waals surface area contributed by atoms with Crippen LogP contribution in [0.15, 0.2) is 36.5 Å². The highest BCUT2D eigenvalue weighted by molar-refractivity contribution is 5.92. The summed E-state index contributed by atoms with van der Waals surface area (Å²) in [6.45, 7) is 3.80. The van der Waals surface area contributed by atoms with Gasteiger partial charge in [0.2, 0.25) is 5.88 Å². The lowest BCUT2D eigenvalue weighted by Crippen LogP contribution is -2.11. The fourth-order valence-corrected chi connectivity index (χ4v) is 1.45. The fraction of sp³-hybridized carbons (Fsp3) is 0.154. The summed E-state index contributed by atoms with van der Waals surface area (Å²) in [7, 11) is 0. The molecule has 0 aliphatic heterocycles. The average molecular weight is 228 g/mol. The summed E-state index contributed by atoms with van der Waals surface area (Å²) in [5, 5.41) is 7.35. The molecule has 86 valence electrons. The van der Waals surface area contributed by atoms with Crippen LogP contribution in [0, 0.1) is 13.8 Å². The highest BCUT2D eigenvalue weighted by atomic mass is 16.5. The molecule has 0 spiro atoms. The van der Waals surface area contributed by atoms with E-state index in [1.807, 2.05) is 26.0 Å². The van der Waals surface area contributed by atoms with Crippen LogP contribution >= 0.6 is 0 Å². The van der Waals surface area contributed by atoms with Crippen molar-refractivity contribution in [3.63, 3.8) is 0 Å². The molecule has 4 heteroatoms. The molecule has 2 aromatic rings. The van der Waals surface area contributed by atoms with E-state index in [1.165, 1.54) is 6.20 Å². The van der Waals surface area contributed by atoms with Gasteiger partial charge in [-0.3, -0.25) is 0 Å². The highest BCUT2D eigenvalue weighted by Gasteiger charge is 2.12. The Hall–Kier alpha value is -2.23. The number of carbonyl (C=O) groups is 1. The first-order valence-corrected chi connectivity index (χ1v) is 5.24. The van der Waals surface area contributed by atoms with Gasteiger partial charge in [-0.15, -0.1) is 5.10 Å². The summed E-state index contributed by atoms with van der Waals surface area (Å²) in [4.78, 5) is 11.9. The Morgan fingerprint density at radius 2 is 2.06 bits per heavy atom. The summed E-state index contributed by atoms with van der Waals surface area (Å²) < 4.78 is 5.12. The lowest BCUT2D eigenvalue weighted by atomic mass is 10.1. The zero-order valence-electron chi connectivity index (χ0n) is 9.68. The summed E-state index contributed by atoms with van der Waals surface area (Å²) in [5.41, 5.74) is 2.45. The lowest BCUT2D eigenvalue weighted by Gasteiger charge is -2.06. The molecular weight excluding hydrogens is 216 g/mol. The topological polar surface area (TPSA) is 52.1 Å². The van der Waals surface area contributed by atoms with E-state index in [2.05, 4.69) is 10.2 Å². The molecule has 0 aliphatic carbocycles. The standard InChI is InChI=1S/C13H12N2O2/c1-9-5-6-10(2)11(8-9)13(16)17-12-4-3-7-14-15-12/h3-8H,1-2H3. The molecule has 0 unspecified atom stereocenters. The SMILES string of the molecule is Cc1ccc(C)c(C(=O)Oc2cccnn2)c1. The Labute approximate surface area is 99.3 Å². The van der Waals surface area contributed by atoms with E-state index < -0.39 is 5.97 Å². The van der Waals surface area contributed by atoms with Gasteiger partial charge in [-0.05, 0) is 31.5 Å². The Kier molecular flexibility index (Phi) is 3.14. The molecule has 17 heavy (non-hydrogen) atoms. The van der Waals surface area contributed by atoms with Gasteiger partial charge in [-0.1, -0.05) is 17.7 Å². The Morgan fingerprint density at radius 1 is 1.24 bits per heavy atom. The molecule has 0 bridgehead atoms. The number of ether oxygens (including phenoxy) is 1. The zero-order chi connectivity index (χ0) is 12.3. The van der Waals surface area contributed by atoms with E-state index in [9.17, 15) is 4.79 Å². The number of nitrogens with zero attached hydrogens (tertiary/aromatic N) is 2. The van der Waals surface area contributed by atoms with Gasteiger partial charge in [0.15, 0.2) is 0 Å². The van der Waals surface area contributed by atoms with E-state index in [0.29, 0.717) is 5.56 Å². The maximum absolute atomic E-state index is 11.9. The van der Waals surface area contributed by atoms with Crippen molar-refractivity contribution in [1.82, 2.24) is 10.2 Å². The van der Waals surface area contributed by atoms with E-state index >= 15 is 0 Å². The van der Waals surface area contributed by atoms with Crippen LogP contribution in [0.4, 0.5) is 0 Å². The molecule has 0 N–H and O–H groups in total. The Morgan fingerprint density at radius 3 is 2.76 bits per heavy atom. The monoisotopic (exact) mass is 228 g/mol. The molecule has 0 amide bonds. The molecule has 0 atom stereocenters. The first-order valence-electron chi connectivity index (χ1n) is 5.24. The van der Waals surface area contributed by atoms with Crippen LogP contribution in [0.1, 0.15) is 21.5 Å². The van der Waals surface area contributed by atoms with Gasteiger partial charge in [-0.2, -0.15) is 5.10 Å². The molecule has 0 radical (unpaired) electrons. The molecule has 0 saturated carbocycles. The van der Waals surface area contributed by atoms with Crippen LogP contribution in [0.3, 0.4) is 0 Å². The van der Waals surface area contributed by atoms with Crippen molar-refractivity contribution in [2.45, 2.75) is 13.8 Å². The highest BCUT2D eigenvalue weighted by Crippen LogP contribution is 2.13. The third kappa shape index (κ3) is 2.66. The molecule has 1 aromatic carbocycles. The third-order valence-corrected chi connectivity index (χ3v) is 2.36. The fourth-order valence-electron chi connectivity index (χ4n) is 1.45. The van der Waals surface area contributed by atoms with Gasteiger partial charge in [-0.25, -0.2) is 4.79 Å². The van der Waals surface area contributed by atoms with Crippen LogP contribution in [0.2, 0.25) is 0 Å². The van der Waals surface area contributed by atoms with Gasteiger partial charge in [0.25, 0.3) is 0 Å². The van der Waals surface area contributed by atoms with Crippen molar-refractivity contribution in [3.05, 3.63) is 53.2 Å². The second-order valence-corrected chi connectivity index (χ2v) is 3.77. The quantitative estimate of drug-likeness (QED) is 0.740. The number of hydrogen-bond acceptors (Lipinski definition) is 4. The predicted molar refractivity (Wildman–Crippen MR) is 62.9 cm³/mol. The Bertz CT molecular complexity index is 538. The van der Waals surface area contributed by atoms with Gasteiger partial charge in [0, 0.05) is 12.3 Å². The minimum absolute atomic E-state index is 0.207. The summed E-state index contributed by atoms with van der Waals surface area (Å²) in [5.74, 6) is -0.204. The maximum atomic E-state index is 11.9. The summed E-state index contributed by atoms with van der Waals surface area (Å²) in [6.07, 6.45) is 1.52. The number of benzene rings is 1. The average Bonchev–Trinajstić information content (AvgIpc) is 2.33. The van der Waals surface area contributed by atoms with Crippen molar-refractivity contribution >= 4 is 5.97 Å². The smallest absolute Gasteiger partial charge is 0.345 e. The number of esters is 1. The van der Waals surface area contributed by atoms with E-state index in [1.54, 1.807) is 18.2 Å². The molecular formula is C13H12N2O2. The van der Waals surface area contributed by atoms with Crippen molar-refractivity contribution < 1.29 is 9.53 Å². The molecule has 2 rings (SSSR count). The number of hydrogen-bond donors (Lipinski definition) is 0. The number of aromatic nitrogens is 2. The van der Waals surface area contributed by atoms with Crippen molar-refractivity contribution in [1.29, 1.82) is 0 Å². The largest absolute Gasteiger partial charge is 0.402 e. The first kappa shape index (κ1) is 11.3. The number of carbonyl (C=O) groups excluding carboxylic acids is 1. The van der Waals surface area contributed by atoms with Crippen molar-refractivity contribution in [2.75, 3.05) is 0 Å². The van der Waals surface area contributed by atoms with Crippen molar-refractivity contribution in [3.8, 4) is 5.88 Å². The van der Waals surface area contributed by atoms with Gasteiger partial charge in [0.05, 0.1) is 5.56 Å². The van der Waals surface area contributed by atoms with Crippen LogP contribution in [-0.4, -0.2) is 16.2 Å². The summed E-state index contributed by atoms with van der Waals surface area (Å²) in [6, 6.07) is 8.90. The summed E-state index contributed by atoms with van der Waals surface area (Å²) >= 11 is 0. The third-order valence-electron chi connectivity index (χ3n) is 2.36. The van der Waals surface area contributed by atoms with Crippen LogP contribution in [-0.2, 0) is 0 Å². The molecule has 1 aromatic heterocycles. The first-order chi connectivity index (χ1) is 8.16. The lowest BCUT2D eigenvalue weighted by molar-refractivity contribution is 0.0725. The molecule has 1 heterocycles. The molecule has 0 saturated heterocycles. The second kappa shape index (κ2) is 4.74. The second-order valence-electron chi connectivity index (χ2n) is 3.77. The van der Waals surface area contributed by atoms with Crippen LogP contribution in [0.5, 0.6) is 5.88 Å². The van der Waals surface area contributed by atoms with Gasteiger partial charge < -0.3 is 4.74 Å². The Balaban J connectivity index is 2.23. The van der Waals surface area contributed by atoms with E-state index in [0.717, 1.165) is 11.1 Å². The van der Waals surface area contributed by atoms with E-state index in [-0.39, 0.29) is 5.88 Å². The predicted octanol–water partition coefficient (Wildman–Crippen LogP) is 2.31. The van der Waals surface area contributed by atoms with Crippen LogP contribution in [0.25, 0.3) is 0 Å². The molecule has 4 nitrogen and oxygen atoms in total. The normalized spacial score (nSPS) is 10.0. The minimum atomic E-state index is -0.410. The van der Waals surface area contributed by atoms with E-state index in [4.69, 9.17) is 4.74 Å². The van der Waals surface area contributed by atoms with Crippen LogP contribution < -0.4 is 4.74 Å². The zero-order valence-corrected chi connectivity index (χ0v) is 9.68. The molecule has 0 fully saturated rings. The minimum Gasteiger partial charge on any atom is -0.402 e. The number of rotatable bonds is 2.